The minimum Gasteiger partial charge on any atom is -0.493 e. The van der Waals surface area contributed by atoms with Gasteiger partial charge in [-0.1, -0.05) is 34.1 Å². The third kappa shape index (κ3) is 5.27. The summed E-state index contributed by atoms with van der Waals surface area (Å²) in [7, 11) is 1.54. The molecule has 9 heteroatoms. The van der Waals surface area contributed by atoms with Gasteiger partial charge in [-0.05, 0) is 53.6 Å². The molecule has 4 rings (SSSR count). The summed E-state index contributed by atoms with van der Waals surface area (Å²) in [5.74, 6) is 0.541. The lowest BCUT2D eigenvalue weighted by molar-refractivity contribution is -0.384. The number of benzene rings is 3. The Labute approximate surface area is 197 Å². The van der Waals surface area contributed by atoms with Gasteiger partial charge in [-0.15, -0.1) is 0 Å². The van der Waals surface area contributed by atoms with Crippen molar-refractivity contribution in [2.24, 2.45) is 4.99 Å². The van der Waals surface area contributed by atoms with Crippen LogP contribution in [0.25, 0.3) is 6.08 Å². The average Bonchev–Trinajstić information content (AvgIpc) is 3.19. The molecular weight excluding hydrogens is 492 g/mol. The maximum absolute atomic E-state index is 12.3. The van der Waals surface area contributed by atoms with Crippen LogP contribution in [0.2, 0.25) is 0 Å². The van der Waals surface area contributed by atoms with Gasteiger partial charge in [0.25, 0.3) is 5.69 Å². The zero-order valence-electron chi connectivity index (χ0n) is 17.4. The molecule has 0 saturated heterocycles. The Morgan fingerprint density at radius 3 is 2.45 bits per heavy atom. The van der Waals surface area contributed by atoms with Crippen LogP contribution in [0.15, 0.2) is 81.9 Å². The number of carbonyl (C=O) groups is 1. The van der Waals surface area contributed by atoms with E-state index in [4.69, 9.17) is 14.2 Å². The Hall–Kier alpha value is -3.98. The first-order valence-electron chi connectivity index (χ1n) is 9.75. The number of rotatable bonds is 7. The average molecular weight is 509 g/mol. The second kappa shape index (κ2) is 9.66. The van der Waals surface area contributed by atoms with Crippen LogP contribution in [0, 0.1) is 10.1 Å². The molecule has 0 amide bonds. The molecule has 33 heavy (non-hydrogen) atoms. The van der Waals surface area contributed by atoms with Gasteiger partial charge in [0.1, 0.15) is 6.61 Å². The summed E-state index contributed by atoms with van der Waals surface area (Å²) in [6, 6.07) is 18.7. The molecule has 0 unspecified atom stereocenters. The molecule has 8 nitrogen and oxygen atoms in total. The highest BCUT2D eigenvalue weighted by molar-refractivity contribution is 9.10. The quantitative estimate of drug-likeness (QED) is 0.186. The van der Waals surface area contributed by atoms with E-state index in [1.165, 1.54) is 31.4 Å². The first-order chi connectivity index (χ1) is 15.9. The fourth-order valence-electron chi connectivity index (χ4n) is 3.05. The number of nitrogens with zero attached hydrogens (tertiary/aromatic N) is 2. The van der Waals surface area contributed by atoms with E-state index in [9.17, 15) is 14.9 Å². The van der Waals surface area contributed by atoms with Crippen LogP contribution in [-0.4, -0.2) is 23.9 Å². The Kier molecular flexibility index (Phi) is 6.50. The molecule has 0 bridgehead atoms. The van der Waals surface area contributed by atoms with Crippen LogP contribution in [0.5, 0.6) is 11.5 Å². The van der Waals surface area contributed by atoms with Crippen molar-refractivity contribution in [1.82, 2.24) is 0 Å². The van der Waals surface area contributed by atoms with E-state index >= 15 is 0 Å². The predicted octanol–water partition coefficient (Wildman–Crippen LogP) is 5.29. The van der Waals surface area contributed by atoms with Gasteiger partial charge in [-0.25, -0.2) is 9.79 Å². The molecule has 0 radical (unpaired) electrons. The second-order valence-corrected chi connectivity index (χ2v) is 7.88. The topological polar surface area (TPSA) is 100 Å². The molecule has 1 heterocycles. The number of nitro groups is 1. The van der Waals surface area contributed by atoms with Gasteiger partial charge < -0.3 is 14.2 Å². The molecule has 3 aromatic rings. The fourth-order valence-corrected chi connectivity index (χ4v) is 3.32. The Morgan fingerprint density at radius 1 is 1.06 bits per heavy atom. The third-order valence-corrected chi connectivity index (χ3v) is 5.27. The molecule has 0 aliphatic carbocycles. The van der Waals surface area contributed by atoms with E-state index in [-0.39, 0.29) is 17.3 Å². The Morgan fingerprint density at radius 2 is 1.79 bits per heavy atom. The smallest absolute Gasteiger partial charge is 0.363 e. The number of carbonyl (C=O) groups excluding carboxylic acids is 1. The number of hydrogen-bond donors (Lipinski definition) is 0. The van der Waals surface area contributed by atoms with Gasteiger partial charge in [0, 0.05) is 22.2 Å². The van der Waals surface area contributed by atoms with Crippen LogP contribution in [0.3, 0.4) is 0 Å². The standard InChI is InChI=1S/C24H17BrN2O6/c1-31-22-13-16(4-11-21(22)32-14-15-2-7-18(25)8-3-15)12-20-24(28)33-23(26-20)17-5-9-19(10-6-17)27(29)30/h2-13H,14H2,1H3/b20-12-. The lowest BCUT2D eigenvalue weighted by Gasteiger charge is -2.11. The Bertz CT molecular complexity index is 1270. The summed E-state index contributed by atoms with van der Waals surface area (Å²) in [5, 5.41) is 10.8. The maximum Gasteiger partial charge on any atom is 0.363 e. The van der Waals surface area contributed by atoms with Gasteiger partial charge in [-0.2, -0.15) is 0 Å². The summed E-state index contributed by atoms with van der Waals surface area (Å²) >= 11 is 3.40. The molecule has 1 aliphatic heterocycles. The zero-order chi connectivity index (χ0) is 23.4. The lowest BCUT2D eigenvalue weighted by atomic mass is 10.1. The number of non-ortho nitro benzene ring substituents is 1. The number of cyclic esters (lactones) is 1. The molecule has 0 saturated carbocycles. The number of methoxy groups -OCH3 is 1. The first-order valence-corrected chi connectivity index (χ1v) is 10.5. The highest BCUT2D eigenvalue weighted by Crippen LogP contribution is 2.30. The monoisotopic (exact) mass is 508 g/mol. The van der Waals surface area contributed by atoms with Crippen molar-refractivity contribution in [2.45, 2.75) is 6.61 Å². The van der Waals surface area contributed by atoms with Crippen LogP contribution < -0.4 is 9.47 Å². The molecule has 1 aliphatic rings. The van der Waals surface area contributed by atoms with E-state index in [2.05, 4.69) is 20.9 Å². The van der Waals surface area contributed by atoms with Gasteiger partial charge in [0.05, 0.1) is 12.0 Å². The number of hydrogen-bond acceptors (Lipinski definition) is 7. The third-order valence-electron chi connectivity index (χ3n) is 4.74. The summed E-state index contributed by atoms with van der Waals surface area (Å²) in [6.07, 6.45) is 1.57. The minimum absolute atomic E-state index is 0.0611. The van der Waals surface area contributed by atoms with Crippen LogP contribution in [0.4, 0.5) is 5.69 Å². The van der Waals surface area contributed by atoms with E-state index in [1.807, 2.05) is 24.3 Å². The van der Waals surface area contributed by atoms with Gasteiger partial charge in [0.2, 0.25) is 5.90 Å². The van der Waals surface area contributed by atoms with Gasteiger partial charge >= 0.3 is 5.97 Å². The SMILES string of the molecule is COc1cc(/C=C2\N=C(c3ccc([N+](=O)[O-])cc3)OC2=O)ccc1OCc1ccc(Br)cc1. The minimum atomic E-state index is -0.613. The molecule has 0 fully saturated rings. The summed E-state index contributed by atoms with van der Waals surface area (Å²) in [5.41, 5.74) is 2.19. The summed E-state index contributed by atoms with van der Waals surface area (Å²) < 4.78 is 17.5. The van der Waals surface area contributed by atoms with Crippen molar-refractivity contribution in [1.29, 1.82) is 0 Å². The molecule has 0 atom stereocenters. The molecule has 0 N–H and O–H groups in total. The van der Waals surface area contributed by atoms with Crippen molar-refractivity contribution in [3.05, 3.63) is 104 Å². The van der Waals surface area contributed by atoms with Crippen molar-refractivity contribution in [2.75, 3.05) is 7.11 Å². The zero-order valence-corrected chi connectivity index (χ0v) is 18.9. The van der Waals surface area contributed by atoms with Crippen LogP contribution in [0.1, 0.15) is 16.7 Å². The van der Waals surface area contributed by atoms with E-state index < -0.39 is 10.9 Å². The molecular formula is C24H17BrN2O6. The molecule has 166 valence electrons. The number of ether oxygens (including phenoxy) is 3. The van der Waals surface area contributed by atoms with Crippen LogP contribution in [-0.2, 0) is 16.1 Å². The first kappa shape index (κ1) is 22.2. The van der Waals surface area contributed by atoms with E-state index in [0.717, 1.165) is 10.0 Å². The second-order valence-electron chi connectivity index (χ2n) is 6.97. The largest absolute Gasteiger partial charge is 0.493 e. The highest BCUT2D eigenvalue weighted by atomic mass is 79.9. The van der Waals surface area contributed by atoms with Crippen molar-refractivity contribution in [3.63, 3.8) is 0 Å². The number of aliphatic imine (C=N–C) groups is 1. The summed E-state index contributed by atoms with van der Waals surface area (Å²) in [6.45, 7) is 0.374. The van der Waals surface area contributed by atoms with Gasteiger partial charge in [-0.3, -0.25) is 10.1 Å². The van der Waals surface area contributed by atoms with E-state index in [0.29, 0.717) is 29.2 Å². The van der Waals surface area contributed by atoms with Crippen LogP contribution >= 0.6 is 15.9 Å². The van der Waals surface area contributed by atoms with Crippen molar-refractivity contribution < 1.29 is 23.9 Å². The Balaban J connectivity index is 1.52. The predicted molar refractivity (Wildman–Crippen MR) is 125 cm³/mol. The number of nitro benzene ring substituents is 1. The lowest BCUT2D eigenvalue weighted by Crippen LogP contribution is -2.05. The van der Waals surface area contributed by atoms with Crippen molar-refractivity contribution >= 4 is 39.6 Å². The fraction of sp³-hybridized carbons (Fsp3) is 0.0833. The van der Waals surface area contributed by atoms with Crippen molar-refractivity contribution in [3.8, 4) is 11.5 Å². The highest BCUT2D eigenvalue weighted by Gasteiger charge is 2.24. The normalized spacial score (nSPS) is 14.1. The molecule has 3 aromatic carbocycles. The maximum atomic E-state index is 12.3. The number of halogens is 1. The van der Waals surface area contributed by atoms with E-state index in [1.54, 1.807) is 24.3 Å². The molecule has 0 aromatic heterocycles. The molecule has 0 spiro atoms. The summed E-state index contributed by atoms with van der Waals surface area (Å²) in [4.78, 5) is 26.8. The number of esters is 1. The van der Waals surface area contributed by atoms with Gasteiger partial charge in [0.15, 0.2) is 17.2 Å².